The van der Waals surface area contributed by atoms with E-state index >= 15 is 0 Å². The van der Waals surface area contributed by atoms with E-state index in [-0.39, 0.29) is 0 Å². The van der Waals surface area contributed by atoms with Crippen molar-refractivity contribution in [1.29, 1.82) is 0 Å². The predicted molar refractivity (Wildman–Crippen MR) is 16.8 cm³/mol. The van der Waals surface area contributed by atoms with Gasteiger partial charge in [0.15, 0.2) is 0 Å². The van der Waals surface area contributed by atoms with Crippen LogP contribution in [-0.2, 0) is 19.0 Å². The summed E-state index contributed by atoms with van der Waals surface area (Å²) in [7, 11) is -2.69. The van der Waals surface area contributed by atoms with Gasteiger partial charge in [0.2, 0.25) is 0 Å². The van der Waals surface area contributed by atoms with Gasteiger partial charge in [0.25, 0.3) is 0 Å². The fraction of sp³-hybridized carbons (Fsp3) is 1.00. The van der Waals surface area contributed by atoms with Gasteiger partial charge < -0.3 is 0 Å². The zero-order valence-corrected chi connectivity index (χ0v) is 3.97. The molecular formula is CH3O4P. The molecular weight excluding hydrogens is 107 g/mol. The first-order valence-corrected chi connectivity index (χ1v) is 3.32. The Morgan fingerprint density at radius 3 is 1.83 bits per heavy atom. The highest BCUT2D eigenvalue weighted by Crippen LogP contribution is 2.52. The summed E-state index contributed by atoms with van der Waals surface area (Å²) in [6.07, 6.45) is 0. The molecule has 0 saturated carbocycles. The van der Waals surface area contributed by atoms with E-state index in [1.165, 1.54) is 6.66 Å². The molecule has 6 heavy (non-hydrogen) atoms. The van der Waals surface area contributed by atoms with Crippen LogP contribution in [0.15, 0.2) is 0 Å². The van der Waals surface area contributed by atoms with Crippen molar-refractivity contribution < 1.29 is 19.0 Å². The maximum atomic E-state index is 10.1. The third kappa shape index (κ3) is 0.604. The Morgan fingerprint density at radius 1 is 1.50 bits per heavy atom. The summed E-state index contributed by atoms with van der Waals surface area (Å²) in [6, 6.07) is 0. The summed E-state index contributed by atoms with van der Waals surface area (Å²) in [5.74, 6) is 0. The minimum absolute atomic E-state index is 1.32. The van der Waals surface area contributed by atoms with Crippen LogP contribution in [0.3, 0.4) is 0 Å². The highest BCUT2D eigenvalue weighted by molar-refractivity contribution is 7.53. The van der Waals surface area contributed by atoms with Crippen LogP contribution in [0.25, 0.3) is 0 Å². The molecule has 0 aliphatic carbocycles. The Labute approximate surface area is 34.4 Å². The maximum Gasteiger partial charge on any atom is 0.387 e. The molecule has 0 aromatic carbocycles. The fourth-order valence-electron chi connectivity index (χ4n) is 0.116. The Hall–Kier alpha value is 0.110. The molecule has 0 unspecified atom stereocenters. The van der Waals surface area contributed by atoms with E-state index in [0.717, 1.165) is 0 Å². The molecule has 36 valence electrons. The van der Waals surface area contributed by atoms with Gasteiger partial charge in [-0.2, -0.15) is 0 Å². The summed E-state index contributed by atoms with van der Waals surface area (Å²) >= 11 is 0. The van der Waals surface area contributed by atoms with Gasteiger partial charge in [0, 0.05) is 6.66 Å². The summed E-state index contributed by atoms with van der Waals surface area (Å²) in [4.78, 5) is 0. The first kappa shape index (κ1) is 4.27. The standard InChI is InChI=1S/CH3O4P/c1-6(2)4-3-5-6/h1H3. The highest BCUT2D eigenvalue weighted by Gasteiger charge is 2.30. The van der Waals surface area contributed by atoms with Gasteiger partial charge in [0.05, 0.1) is 0 Å². The molecule has 1 fully saturated rings. The van der Waals surface area contributed by atoms with Gasteiger partial charge in [-0.25, -0.2) is 0 Å². The van der Waals surface area contributed by atoms with E-state index in [0.29, 0.717) is 0 Å². The fourth-order valence-corrected chi connectivity index (χ4v) is 0.348. The van der Waals surface area contributed by atoms with Crippen molar-refractivity contribution in [3.05, 3.63) is 0 Å². The second-order valence-corrected chi connectivity index (χ2v) is 2.83. The Balaban J connectivity index is 2.53. The zero-order valence-electron chi connectivity index (χ0n) is 3.08. The lowest BCUT2D eigenvalue weighted by Crippen LogP contribution is -2.04. The Bertz CT molecular complexity index is 89.7. The number of rotatable bonds is 0. The number of hydrogen-bond acceptors (Lipinski definition) is 4. The van der Waals surface area contributed by atoms with Crippen LogP contribution in [0.5, 0.6) is 0 Å². The molecule has 5 heteroatoms. The lowest BCUT2D eigenvalue weighted by molar-refractivity contribution is -0.486. The van der Waals surface area contributed by atoms with Gasteiger partial charge in [-0.3, -0.25) is 4.57 Å². The molecule has 0 spiro atoms. The highest BCUT2D eigenvalue weighted by atomic mass is 31.2. The van der Waals surface area contributed by atoms with E-state index in [4.69, 9.17) is 0 Å². The van der Waals surface area contributed by atoms with Gasteiger partial charge in [-0.1, -0.05) is 5.04 Å². The molecule has 1 saturated heterocycles. The molecule has 1 aliphatic heterocycles. The molecule has 0 aromatic rings. The molecule has 1 aliphatic rings. The van der Waals surface area contributed by atoms with Crippen molar-refractivity contribution in [2.24, 2.45) is 0 Å². The predicted octanol–water partition coefficient (Wildman–Crippen LogP) is 0.703. The van der Waals surface area contributed by atoms with Crippen LogP contribution in [0.4, 0.5) is 0 Å². The van der Waals surface area contributed by atoms with Gasteiger partial charge in [-0.05, 0) is 0 Å². The van der Waals surface area contributed by atoms with Crippen LogP contribution < -0.4 is 0 Å². The third-order valence-electron chi connectivity index (χ3n) is 0.332. The van der Waals surface area contributed by atoms with Crippen molar-refractivity contribution in [2.75, 3.05) is 6.66 Å². The first-order chi connectivity index (χ1) is 2.71. The minimum Gasteiger partial charge on any atom is -0.255 e. The van der Waals surface area contributed by atoms with Crippen LogP contribution >= 0.6 is 7.60 Å². The van der Waals surface area contributed by atoms with E-state index in [1.54, 1.807) is 0 Å². The Morgan fingerprint density at radius 2 is 1.83 bits per heavy atom. The average molecular weight is 110 g/mol. The van der Waals surface area contributed by atoms with Crippen LogP contribution in [-0.4, -0.2) is 6.66 Å². The van der Waals surface area contributed by atoms with Crippen LogP contribution in [0, 0.1) is 0 Å². The lowest BCUT2D eigenvalue weighted by Gasteiger charge is -2.16. The summed E-state index contributed by atoms with van der Waals surface area (Å²) in [5.41, 5.74) is 0. The van der Waals surface area contributed by atoms with E-state index < -0.39 is 7.60 Å². The Kier molecular flexibility index (Phi) is 0.741. The van der Waals surface area contributed by atoms with Crippen molar-refractivity contribution in [3.8, 4) is 0 Å². The maximum absolute atomic E-state index is 10.1. The van der Waals surface area contributed by atoms with Gasteiger partial charge >= 0.3 is 7.60 Å². The van der Waals surface area contributed by atoms with Crippen LogP contribution in [0.2, 0.25) is 0 Å². The lowest BCUT2D eigenvalue weighted by atomic mass is 12.0. The van der Waals surface area contributed by atoms with Crippen LogP contribution in [0.1, 0.15) is 0 Å². The molecule has 1 rings (SSSR count). The molecule has 0 bridgehead atoms. The molecule has 0 amide bonds. The first-order valence-electron chi connectivity index (χ1n) is 1.33. The summed E-state index contributed by atoms with van der Waals surface area (Å²) < 4.78 is 18.0. The third-order valence-corrected chi connectivity index (χ3v) is 0.995. The monoisotopic (exact) mass is 110 g/mol. The minimum atomic E-state index is -2.69. The molecule has 4 nitrogen and oxygen atoms in total. The van der Waals surface area contributed by atoms with E-state index in [2.05, 4.69) is 14.4 Å². The number of hydrogen-bond donors (Lipinski definition) is 0. The van der Waals surface area contributed by atoms with E-state index in [9.17, 15) is 4.57 Å². The zero-order chi connectivity index (χ0) is 4.62. The molecule has 0 atom stereocenters. The van der Waals surface area contributed by atoms with Crippen molar-refractivity contribution in [2.45, 2.75) is 0 Å². The van der Waals surface area contributed by atoms with E-state index in [1.807, 2.05) is 0 Å². The second kappa shape index (κ2) is 1.04. The SMILES string of the molecule is CP1(=O)OOO1. The van der Waals surface area contributed by atoms with Gasteiger partial charge in [0.1, 0.15) is 0 Å². The molecule has 0 radical (unpaired) electrons. The molecule has 0 aromatic heterocycles. The summed E-state index contributed by atoms with van der Waals surface area (Å²) in [5, 5.41) is 3.67. The van der Waals surface area contributed by atoms with Crippen molar-refractivity contribution >= 4 is 7.60 Å². The van der Waals surface area contributed by atoms with Crippen molar-refractivity contribution in [3.63, 3.8) is 0 Å². The van der Waals surface area contributed by atoms with Gasteiger partial charge in [-0.15, -0.1) is 9.35 Å². The molecule has 0 N–H and O–H groups in total. The normalized spacial score (nSPS) is 28.8. The summed E-state index contributed by atoms with van der Waals surface area (Å²) in [6.45, 7) is 1.32. The topological polar surface area (TPSA) is 44.8 Å². The largest absolute Gasteiger partial charge is 0.387 e. The quantitative estimate of drug-likeness (QED) is 0.340. The second-order valence-electron chi connectivity index (χ2n) is 0.988. The van der Waals surface area contributed by atoms with Crippen molar-refractivity contribution in [1.82, 2.24) is 0 Å². The smallest absolute Gasteiger partial charge is 0.255 e. The average Bonchev–Trinajstić information content (AvgIpc) is 1.32. The molecule has 1 heterocycles.